The third kappa shape index (κ3) is 6.86. The number of likely N-dealkylation sites (N-methyl/N-ethyl adjacent to an activating group) is 1. The number of hydrogen-bond acceptors (Lipinski definition) is 6. The van der Waals surface area contributed by atoms with Gasteiger partial charge in [-0.05, 0) is 42.8 Å². The lowest BCUT2D eigenvalue weighted by molar-refractivity contribution is 0.160. The molecule has 170 valence electrons. The van der Waals surface area contributed by atoms with Crippen LogP contribution in [0, 0.1) is 17.7 Å². The fourth-order valence-corrected chi connectivity index (χ4v) is 4.25. The molecule has 0 spiro atoms. The van der Waals surface area contributed by atoms with Crippen LogP contribution < -0.4 is 4.90 Å². The molecule has 1 saturated heterocycles. The number of aliphatic hydroxyl groups is 1. The molecule has 5 nitrogen and oxygen atoms in total. The van der Waals surface area contributed by atoms with Gasteiger partial charge < -0.3 is 19.4 Å². The van der Waals surface area contributed by atoms with Crippen molar-refractivity contribution in [3.05, 3.63) is 24.0 Å². The molecule has 1 aromatic heterocycles. The molecule has 1 unspecified atom stereocenters. The monoisotopic (exact) mass is 439 g/mol. The Morgan fingerprint density at radius 2 is 1.83 bits per heavy atom. The van der Waals surface area contributed by atoms with E-state index in [1.807, 2.05) is 0 Å². The standard InChI is InChI=1S/C13H16FN3O.C9H18O.CH4S/c1-2-16-5-7-17(8-6-16)13-11-9-10(14)3-4-12(11)18-15-13;1-8(7-10)9-5-3-2-4-6-9;1-2/h3-4,9H,2,5-8H2,1H3;8-10H,2-7H2,1H3;2H,1H3. The Kier molecular flexibility index (Phi) is 11.0. The highest BCUT2D eigenvalue weighted by atomic mass is 32.1. The minimum absolute atomic E-state index is 0.251. The molecular formula is C23H38FN3O2S. The number of thiol groups is 1. The summed E-state index contributed by atoms with van der Waals surface area (Å²) in [6.07, 6.45) is 8.57. The van der Waals surface area contributed by atoms with Crippen LogP contribution in [0.3, 0.4) is 0 Å². The molecule has 1 aliphatic heterocycles. The topological polar surface area (TPSA) is 52.7 Å². The third-order valence-corrected chi connectivity index (χ3v) is 6.27. The van der Waals surface area contributed by atoms with Crippen LogP contribution in [0.5, 0.6) is 0 Å². The van der Waals surface area contributed by atoms with E-state index in [2.05, 4.69) is 41.4 Å². The smallest absolute Gasteiger partial charge is 0.180 e. The van der Waals surface area contributed by atoms with Crippen LogP contribution in [0.25, 0.3) is 11.0 Å². The molecule has 0 radical (unpaired) electrons. The molecule has 30 heavy (non-hydrogen) atoms. The Labute approximate surface area is 186 Å². The van der Waals surface area contributed by atoms with E-state index in [4.69, 9.17) is 9.63 Å². The van der Waals surface area contributed by atoms with Crippen LogP contribution in [0.1, 0.15) is 46.0 Å². The molecule has 1 atom stereocenters. The van der Waals surface area contributed by atoms with Gasteiger partial charge in [0.25, 0.3) is 0 Å². The first-order chi connectivity index (χ1) is 14.6. The van der Waals surface area contributed by atoms with Gasteiger partial charge in [-0.25, -0.2) is 4.39 Å². The van der Waals surface area contributed by atoms with Gasteiger partial charge >= 0.3 is 0 Å². The van der Waals surface area contributed by atoms with Gasteiger partial charge in [0.05, 0.1) is 5.39 Å². The lowest BCUT2D eigenvalue weighted by Crippen LogP contribution is -2.46. The maximum absolute atomic E-state index is 13.3. The molecule has 7 heteroatoms. The minimum Gasteiger partial charge on any atom is -0.396 e. The summed E-state index contributed by atoms with van der Waals surface area (Å²) in [5.74, 6) is 1.87. The zero-order valence-electron chi connectivity index (χ0n) is 18.7. The Morgan fingerprint density at radius 3 is 2.43 bits per heavy atom. The van der Waals surface area contributed by atoms with E-state index >= 15 is 0 Å². The van der Waals surface area contributed by atoms with Gasteiger partial charge in [0.2, 0.25) is 0 Å². The number of aromatic nitrogens is 1. The molecule has 2 aliphatic rings. The molecule has 0 amide bonds. The van der Waals surface area contributed by atoms with Gasteiger partial charge in [-0.3, -0.25) is 0 Å². The normalized spacial score (nSPS) is 18.9. The van der Waals surface area contributed by atoms with E-state index < -0.39 is 0 Å². The van der Waals surface area contributed by atoms with E-state index in [0.29, 0.717) is 18.1 Å². The average molecular weight is 440 g/mol. The summed E-state index contributed by atoms with van der Waals surface area (Å²) in [7, 11) is 0. The van der Waals surface area contributed by atoms with Crippen molar-refractivity contribution < 1.29 is 14.0 Å². The number of rotatable bonds is 4. The summed E-state index contributed by atoms with van der Waals surface area (Å²) < 4.78 is 18.5. The van der Waals surface area contributed by atoms with Crippen LogP contribution in [0.15, 0.2) is 22.7 Å². The molecule has 1 N–H and O–H groups in total. The van der Waals surface area contributed by atoms with Gasteiger partial charge in [-0.1, -0.05) is 51.1 Å². The summed E-state index contributed by atoms with van der Waals surface area (Å²) in [5.41, 5.74) is 0.643. The first-order valence-electron chi connectivity index (χ1n) is 11.2. The van der Waals surface area contributed by atoms with Crippen molar-refractivity contribution in [2.75, 3.05) is 50.5 Å². The molecule has 1 aromatic carbocycles. The number of benzene rings is 1. The quantitative estimate of drug-likeness (QED) is 0.667. The fourth-order valence-electron chi connectivity index (χ4n) is 4.25. The van der Waals surface area contributed by atoms with E-state index in [0.717, 1.165) is 49.8 Å². The first-order valence-corrected chi connectivity index (χ1v) is 12.1. The maximum Gasteiger partial charge on any atom is 0.180 e. The summed E-state index contributed by atoms with van der Waals surface area (Å²) in [5, 5.41) is 13.7. The van der Waals surface area contributed by atoms with Crippen LogP contribution in [-0.2, 0) is 0 Å². The van der Waals surface area contributed by atoms with Crippen LogP contribution in [-0.4, -0.2) is 60.7 Å². The molecule has 4 rings (SSSR count). The Hall–Kier alpha value is -1.31. The molecule has 2 heterocycles. The third-order valence-electron chi connectivity index (χ3n) is 6.27. The van der Waals surface area contributed by atoms with Crippen LogP contribution in [0.4, 0.5) is 10.2 Å². The zero-order chi connectivity index (χ0) is 21.9. The zero-order valence-corrected chi connectivity index (χ0v) is 19.6. The van der Waals surface area contributed by atoms with Crippen molar-refractivity contribution in [1.82, 2.24) is 10.1 Å². The van der Waals surface area contributed by atoms with Crippen molar-refractivity contribution in [3.8, 4) is 0 Å². The molecule has 2 fully saturated rings. The number of nitrogens with zero attached hydrogens (tertiary/aromatic N) is 3. The lowest BCUT2D eigenvalue weighted by Gasteiger charge is -2.33. The predicted octanol–water partition coefficient (Wildman–Crippen LogP) is 4.85. The van der Waals surface area contributed by atoms with Gasteiger partial charge in [-0.15, -0.1) is 0 Å². The highest BCUT2D eigenvalue weighted by molar-refractivity contribution is 7.79. The highest BCUT2D eigenvalue weighted by Crippen LogP contribution is 2.29. The summed E-state index contributed by atoms with van der Waals surface area (Å²) in [6.45, 7) is 9.62. The Morgan fingerprint density at radius 1 is 1.17 bits per heavy atom. The molecule has 2 aromatic rings. The highest BCUT2D eigenvalue weighted by Gasteiger charge is 2.21. The maximum atomic E-state index is 13.3. The Balaban J connectivity index is 0.000000228. The van der Waals surface area contributed by atoms with E-state index in [-0.39, 0.29) is 5.82 Å². The largest absolute Gasteiger partial charge is 0.396 e. The number of fused-ring (bicyclic) bond motifs is 1. The summed E-state index contributed by atoms with van der Waals surface area (Å²) in [6, 6.07) is 4.52. The van der Waals surface area contributed by atoms with Gasteiger partial charge in [0.1, 0.15) is 5.82 Å². The van der Waals surface area contributed by atoms with Crippen molar-refractivity contribution in [1.29, 1.82) is 0 Å². The van der Waals surface area contributed by atoms with Crippen molar-refractivity contribution in [3.63, 3.8) is 0 Å². The summed E-state index contributed by atoms with van der Waals surface area (Å²) >= 11 is 3.53. The predicted molar refractivity (Wildman–Crippen MR) is 126 cm³/mol. The number of hydrogen-bond donors (Lipinski definition) is 2. The number of piperazine rings is 1. The SMILES string of the molecule is CC(CO)C1CCCCC1.CCN1CCN(c2noc3ccc(F)cc23)CC1.CS. The molecule has 1 aliphatic carbocycles. The summed E-state index contributed by atoms with van der Waals surface area (Å²) in [4.78, 5) is 4.55. The van der Waals surface area contributed by atoms with E-state index in [1.165, 1.54) is 44.2 Å². The Bertz CT molecular complexity index is 728. The van der Waals surface area contributed by atoms with Gasteiger partial charge in [0.15, 0.2) is 11.4 Å². The number of halogens is 1. The van der Waals surface area contributed by atoms with Crippen molar-refractivity contribution in [2.45, 2.75) is 46.0 Å². The van der Waals surface area contributed by atoms with E-state index in [9.17, 15) is 4.39 Å². The second-order valence-electron chi connectivity index (χ2n) is 8.13. The fraction of sp³-hybridized carbons (Fsp3) is 0.696. The second-order valence-corrected chi connectivity index (χ2v) is 8.13. The van der Waals surface area contributed by atoms with Crippen LogP contribution in [0.2, 0.25) is 0 Å². The number of aliphatic hydroxyl groups excluding tert-OH is 1. The lowest BCUT2D eigenvalue weighted by atomic mass is 9.81. The average Bonchev–Trinajstić information content (AvgIpc) is 3.24. The number of anilines is 1. The molecule has 0 bridgehead atoms. The molecular weight excluding hydrogens is 401 g/mol. The first kappa shape index (κ1) is 25.0. The minimum atomic E-state index is -0.251. The van der Waals surface area contributed by atoms with Gasteiger partial charge in [0, 0.05) is 32.8 Å². The van der Waals surface area contributed by atoms with E-state index in [1.54, 1.807) is 12.3 Å². The molecule has 1 saturated carbocycles. The second kappa shape index (κ2) is 13.2. The van der Waals surface area contributed by atoms with Crippen LogP contribution >= 0.6 is 12.6 Å². The van der Waals surface area contributed by atoms with Crippen molar-refractivity contribution >= 4 is 29.4 Å². The van der Waals surface area contributed by atoms with Gasteiger partial charge in [-0.2, -0.15) is 12.6 Å². The van der Waals surface area contributed by atoms with Crippen molar-refractivity contribution in [2.24, 2.45) is 11.8 Å².